The lowest BCUT2D eigenvalue weighted by molar-refractivity contribution is -0.107. The Bertz CT molecular complexity index is 659. The molecule has 2 heterocycles. The predicted octanol–water partition coefficient (Wildman–Crippen LogP) is 0.317. The number of aliphatic hydroxyl groups excluding tert-OH is 2. The molecule has 1 aromatic heterocycles. The third-order valence-corrected chi connectivity index (χ3v) is 3.98. The van der Waals surface area contributed by atoms with Crippen molar-refractivity contribution in [3.8, 4) is 11.4 Å². The lowest BCUT2D eigenvalue weighted by Crippen LogP contribution is -2.54. The molecule has 0 spiro atoms. The maximum absolute atomic E-state index is 12.6. The van der Waals surface area contributed by atoms with E-state index >= 15 is 0 Å². The number of H-pyrrole nitrogens is 1. The normalized spacial score (nSPS) is 24.3. The Kier molecular flexibility index (Phi) is 4.71. The summed E-state index contributed by atoms with van der Waals surface area (Å²) in [5.41, 5.74) is 1.16. The van der Waals surface area contributed by atoms with Crippen LogP contribution in [0.3, 0.4) is 0 Å². The van der Waals surface area contributed by atoms with E-state index < -0.39 is 18.2 Å². The lowest BCUT2D eigenvalue weighted by Gasteiger charge is -2.34. The van der Waals surface area contributed by atoms with Gasteiger partial charge in [0, 0.05) is 24.6 Å². The quantitative estimate of drug-likeness (QED) is 0.649. The number of aromatic nitrogens is 2. The second kappa shape index (κ2) is 6.91. The zero-order chi connectivity index (χ0) is 16.2. The van der Waals surface area contributed by atoms with Crippen LogP contribution in [0.1, 0.15) is 16.8 Å². The molecular weight excluding hydrogens is 298 g/mol. The summed E-state index contributed by atoms with van der Waals surface area (Å²) in [6, 6.07) is 6.67. The van der Waals surface area contributed by atoms with Gasteiger partial charge in [-0.3, -0.25) is 4.79 Å². The zero-order valence-electron chi connectivity index (χ0n) is 12.5. The average Bonchev–Trinajstić information content (AvgIpc) is 3.11. The molecule has 1 aliphatic rings. The molecule has 2 aromatic rings. The minimum Gasteiger partial charge on any atom is -0.394 e. The van der Waals surface area contributed by atoms with E-state index in [4.69, 9.17) is 4.74 Å². The number of nitrogens with zero attached hydrogens (tertiary/aromatic N) is 1. The van der Waals surface area contributed by atoms with Gasteiger partial charge >= 0.3 is 0 Å². The Morgan fingerprint density at radius 1 is 1.43 bits per heavy atom. The van der Waals surface area contributed by atoms with Crippen molar-refractivity contribution in [2.45, 2.75) is 24.7 Å². The fourth-order valence-corrected chi connectivity index (χ4v) is 2.74. The van der Waals surface area contributed by atoms with Crippen molar-refractivity contribution in [3.05, 3.63) is 42.2 Å². The van der Waals surface area contributed by atoms with Crippen molar-refractivity contribution in [2.24, 2.45) is 0 Å². The molecule has 4 N–H and O–H groups in total. The molecule has 0 radical (unpaired) electrons. The summed E-state index contributed by atoms with van der Waals surface area (Å²) >= 11 is 0. The number of nitrogens with one attached hydrogen (secondary N) is 2. The van der Waals surface area contributed by atoms with E-state index in [-0.39, 0.29) is 12.5 Å². The summed E-state index contributed by atoms with van der Waals surface area (Å²) in [5, 5.41) is 22.2. The van der Waals surface area contributed by atoms with Crippen LogP contribution >= 0.6 is 0 Å². The van der Waals surface area contributed by atoms with Crippen molar-refractivity contribution in [3.63, 3.8) is 0 Å². The molecule has 1 aliphatic heterocycles. The van der Waals surface area contributed by atoms with Gasteiger partial charge in [0.2, 0.25) is 0 Å². The highest BCUT2D eigenvalue weighted by Crippen LogP contribution is 2.21. The van der Waals surface area contributed by atoms with Gasteiger partial charge in [-0.05, 0) is 12.5 Å². The topological polar surface area (TPSA) is 107 Å². The number of imidazole rings is 1. The van der Waals surface area contributed by atoms with Crippen molar-refractivity contribution in [2.75, 3.05) is 13.2 Å². The molecule has 7 heteroatoms. The Labute approximate surface area is 133 Å². The lowest BCUT2D eigenvalue weighted by atomic mass is 9.98. The minimum atomic E-state index is -0.937. The minimum absolute atomic E-state index is 0.281. The van der Waals surface area contributed by atoms with Crippen molar-refractivity contribution < 1.29 is 19.7 Å². The van der Waals surface area contributed by atoms with Gasteiger partial charge in [0.1, 0.15) is 18.0 Å². The number of hydrogen-bond donors (Lipinski definition) is 4. The SMILES string of the molecule is O=C(N[C@H]1CCO[C@H](CO)[C@H]1O)c1ccccc1-c1ncc[nH]1. The number of ether oxygens (including phenoxy) is 1. The van der Waals surface area contributed by atoms with E-state index in [0.29, 0.717) is 30.0 Å². The number of amides is 1. The molecule has 0 unspecified atom stereocenters. The van der Waals surface area contributed by atoms with Gasteiger partial charge in [0.15, 0.2) is 0 Å². The van der Waals surface area contributed by atoms with E-state index in [2.05, 4.69) is 15.3 Å². The van der Waals surface area contributed by atoms with Gasteiger partial charge in [-0.1, -0.05) is 18.2 Å². The van der Waals surface area contributed by atoms with E-state index in [1.165, 1.54) is 0 Å². The first-order chi connectivity index (χ1) is 11.2. The first kappa shape index (κ1) is 15.7. The second-order valence-corrected chi connectivity index (χ2v) is 5.43. The zero-order valence-corrected chi connectivity index (χ0v) is 12.5. The Balaban J connectivity index is 1.79. The van der Waals surface area contributed by atoms with Crippen LogP contribution in [0.15, 0.2) is 36.7 Å². The monoisotopic (exact) mass is 317 g/mol. The molecule has 0 saturated carbocycles. The van der Waals surface area contributed by atoms with Crippen molar-refractivity contribution >= 4 is 5.91 Å². The smallest absolute Gasteiger partial charge is 0.252 e. The third kappa shape index (κ3) is 3.26. The number of rotatable bonds is 4. The Morgan fingerprint density at radius 2 is 2.26 bits per heavy atom. The molecule has 1 aromatic carbocycles. The molecule has 1 amide bonds. The van der Waals surface area contributed by atoms with Gasteiger partial charge in [-0.25, -0.2) is 4.98 Å². The molecule has 0 aliphatic carbocycles. The third-order valence-electron chi connectivity index (χ3n) is 3.98. The van der Waals surface area contributed by atoms with Crippen molar-refractivity contribution in [1.82, 2.24) is 15.3 Å². The van der Waals surface area contributed by atoms with Crippen LogP contribution < -0.4 is 5.32 Å². The van der Waals surface area contributed by atoms with E-state index in [1.54, 1.807) is 24.5 Å². The van der Waals surface area contributed by atoms with Gasteiger partial charge in [0.25, 0.3) is 5.91 Å². The number of benzene rings is 1. The van der Waals surface area contributed by atoms with Gasteiger partial charge in [0.05, 0.1) is 18.2 Å². The highest BCUT2D eigenvalue weighted by atomic mass is 16.5. The summed E-state index contributed by atoms with van der Waals surface area (Å²) in [6.45, 7) is 0.101. The van der Waals surface area contributed by atoms with Gasteiger partial charge in [-0.2, -0.15) is 0 Å². The summed E-state index contributed by atoms with van der Waals surface area (Å²) in [4.78, 5) is 19.8. The summed E-state index contributed by atoms with van der Waals surface area (Å²) < 4.78 is 5.27. The van der Waals surface area contributed by atoms with Crippen LogP contribution in [0, 0.1) is 0 Å². The highest BCUT2D eigenvalue weighted by Gasteiger charge is 2.33. The number of carbonyl (C=O) groups is 1. The Morgan fingerprint density at radius 3 is 3.00 bits per heavy atom. The molecule has 3 rings (SSSR count). The average molecular weight is 317 g/mol. The standard InChI is InChI=1S/C16H19N3O4/c20-9-13-14(21)12(5-8-23-13)19-16(22)11-4-2-1-3-10(11)15-17-6-7-18-15/h1-4,6-7,12-14,20-21H,5,8-9H2,(H,17,18)(H,19,22)/t12-,13+,14-/m0/s1. The second-order valence-electron chi connectivity index (χ2n) is 5.43. The van der Waals surface area contributed by atoms with E-state index in [9.17, 15) is 15.0 Å². The number of aliphatic hydroxyl groups is 2. The highest BCUT2D eigenvalue weighted by molar-refractivity contribution is 6.00. The first-order valence-corrected chi connectivity index (χ1v) is 7.51. The predicted molar refractivity (Wildman–Crippen MR) is 82.7 cm³/mol. The van der Waals surface area contributed by atoms with Crippen LogP contribution in [0.2, 0.25) is 0 Å². The van der Waals surface area contributed by atoms with Crippen LogP contribution in [0.25, 0.3) is 11.4 Å². The first-order valence-electron chi connectivity index (χ1n) is 7.51. The molecule has 7 nitrogen and oxygen atoms in total. The molecular formula is C16H19N3O4. The molecule has 1 saturated heterocycles. The number of aromatic amines is 1. The number of hydrogen-bond acceptors (Lipinski definition) is 5. The van der Waals surface area contributed by atoms with Crippen LogP contribution in [0.5, 0.6) is 0 Å². The molecule has 23 heavy (non-hydrogen) atoms. The largest absolute Gasteiger partial charge is 0.394 e. The van der Waals surface area contributed by atoms with Crippen molar-refractivity contribution in [1.29, 1.82) is 0 Å². The molecule has 1 fully saturated rings. The Hall–Kier alpha value is -2.22. The van der Waals surface area contributed by atoms with Gasteiger partial charge < -0.3 is 25.3 Å². The van der Waals surface area contributed by atoms with Crippen LogP contribution in [0.4, 0.5) is 0 Å². The molecule has 3 atom stereocenters. The molecule has 0 bridgehead atoms. The van der Waals surface area contributed by atoms with Crippen LogP contribution in [-0.2, 0) is 4.74 Å². The summed E-state index contributed by atoms with van der Waals surface area (Å²) in [7, 11) is 0. The van der Waals surface area contributed by atoms with E-state index in [0.717, 1.165) is 0 Å². The molecule has 122 valence electrons. The summed E-state index contributed by atoms with van der Waals surface area (Å²) in [6.07, 6.45) is 2.20. The van der Waals surface area contributed by atoms with Crippen LogP contribution in [-0.4, -0.2) is 57.6 Å². The van der Waals surface area contributed by atoms with Gasteiger partial charge in [-0.15, -0.1) is 0 Å². The summed E-state index contributed by atoms with van der Waals surface area (Å²) in [5.74, 6) is 0.316. The maximum atomic E-state index is 12.6. The fraction of sp³-hybridized carbons (Fsp3) is 0.375. The van der Waals surface area contributed by atoms with E-state index in [1.807, 2.05) is 12.1 Å². The maximum Gasteiger partial charge on any atom is 0.252 e. The number of carbonyl (C=O) groups excluding carboxylic acids is 1. The fourth-order valence-electron chi connectivity index (χ4n) is 2.74.